The first-order chi connectivity index (χ1) is 11.9. The second-order valence-corrected chi connectivity index (χ2v) is 6.77. The molecular formula is C24H32. The number of hydrogen-bond acceptors (Lipinski definition) is 0. The SMILES string of the molecule is C1=CC=CC=1CCCCCC/C=C/CCCCCCC1=C=CC=C1. The van der Waals surface area contributed by atoms with E-state index >= 15 is 0 Å². The smallest absolute Gasteiger partial charge is 0.00601 e. The second kappa shape index (κ2) is 12.7. The summed E-state index contributed by atoms with van der Waals surface area (Å²) in [6, 6.07) is 0. The first-order valence-corrected chi connectivity index (χ1v) is 9.84. The fourth-order valence-corrected chi connectivity index (χ4v) is 3.14. The van der Waals surface area contributed by atoms with Gasteiger partial charge in [0.25, 0.3) is 0 Å². The first kappa shape index (κ1) is 18.6. The number of rotatable bonds is 14. The third-order valence-corrected chi connectivity index (χ3v) is 4.63. The molecule has 0 fully saturated rings. The zero-order valence-corrected chi connectivity index (χ0v) is 15.1. The van der Waals surface area contributed by atoms with Crippen LogP contribution in [0.25, 0.3) is 0 Å². The van der Waals surface area contributed by atoms with Crippen molar-refractivity contribution >= 4 is 0 Å². The summed E-state index contributed by atoms with van der Waals surface area (Å²) in [5.74, 6) is 0. The molecule has 0 spiro atoms. The van der Waals surface area contributed by atoms with Gasteiger partial charge in [0, 0.05) is 0 Å². The van der Waals surface area contributed by atoms with Crippen LogP contribution in [0, 0.1) is 0 Å². The lowest BCUT2D eigenvalue weighted by atomic mass is 10.1. The van der Waals surface area contributed by atoms with Crippen molar-refractivity contribution in [3.05, 3.63) is 71.2 Å². The molecule has 2 rings (SSSR count). The Morgan fingerprint density at radius 3 is 1.46 bits per heavy atom. The van der Waals surface area contributed by atoms with Crippen LogP contribution in [0.1, 0.15) is 77.0 Å². The molecule has 0 nitrogen and oxygen atoms in total. The first-order valence-electron chi connectivity index (χ1n) is 9.84. The van der Waals surface area contributed by atoms with Crippen LogP contribution in [0.5, 0.6) is 0 Å². The van der Waals surface area contributed by atoms with Crippen molar-refractivity contribution in [2.75, 3.05) is 0 Å². The molecule has 0 radical (unpaired) electrons. The lowest BCUT2D eigenvalue weighted by molar-refractivity contribution is 0.640. The zero-order chi connectivity index (χ0) is 16.7. The standard InChI is InChI=1S/C24H32/c1(3-5-7-9-11-17-23-19-13-14-20-23)2-4-6-8-10-12-18-24-21-15-16-22-24/h1-2,13-16,19,21H,3-12,17-18H2/b2-1+. The minimum atomic E-state index is 1.20. The van der Waals surface area contributed by atoms with Crippen LogP contribution in [0.2, 0.25) is 0 Å². The van der Waals surface area contributed by atoms with Gasteiger partial charge < -0.3 is 0 Å². The van der Waals surface area contributed by atoms with E-state index in [-0.39, 0.29) is 0 Å². The Kier molecular flexibility index (Phi) is 9.81. The summed E-state index contributed by atoms with van der Waals surface area (Å²) >= 11 is 0. The molecule has 0 amide bonds. The van der Waals surface area contributed by atoms with Crippen LogP contribution < -0.4 is 0 Å². The van der Waals surface area contributed by atoms with Crippen LogP contribution in [-0.4, -0.2) is 0 Å². The molecule has 2 aliphatic rings. The fraction of sp³-hybridized carbons (Fsp3) is 0.500. The van der Waals surface area contributed by atoms with E-state index in [1.54, 1.807) is 0 Å². The van der Waals surface area contributed by atoms with Crippen LogP contribution >= 0.6 is 0 Å². The molecule has 0 aromatic carbocycles. The van der Waals surface area contributed by atoms with Gasteiger partial charge in [-0.05, 0) is 74.7 Å². The van der Waals surface area contributed by atoms with Crippen molar-refractivity contribution in [2.24, 2.45) is 0 Å². The van der Waals surface area contributed by atoms with E-state index in [2.05, 4.69) is 47.9 Å². The Morgan fingerprint density at radius 1 is 0.583 bits per heavy atom. The summed E-state index contributed by atoms with van der Waals surface area (Å²) in [6.45, 7) is 0. The van der Waals surface area contributed by atoms with Gasteiger partial charge >= 0.3 is 0 Å². The molecule has 0 aliphatic heterocycles. The van der Waals surface area contributed by atoms with Gasteiger partial charge in [0.15, 0.2) is 0 Å². The minimum absolute atomic E-state index is 1.20. The van der Waals surface area contributed by atoms with E-state index in [4.69, 9.17) is 0 Å². The highest BCUT2D eigenvalue weighted by atomic mass is 14.0. The zero-order valence-electron chi connectivity index (χ0n) is 15.1. The molecule has 2 aliphatic carbocycles. The summed E-state index contributed by atoms with van der Waals surface area (Å²) < 4.78 is 0. The van der Waals surface area contributed by atoms with E-state index in [1.807, 2.05) is 12.2 Å². The highest BCUT2D eigenvalue weighted by Crippen LogP contribution is 2.15. The number of unbranched alkanes of at least 4 members (excludes halogenated alkanes) is 8. The van der Waals surface area contributed by atoms with Crippen molar-refractivity contribution in [3.63, 3.8) is 0 Å². The average molecular weight is 321 g/mol. The molecule has 128 valence electrons. The van der Waals surface area contributed by atoms with Gasteiger partial charge in [-0.3, -0.25) is 0 Å². The summed E-state index contributed by atoms with van der Waals surface area (Å²) in [5.41, 5.74) is 9.30. The highest BCUT2D eigenvalue weighted by molar-refractivity contribution is 5.29. The van der Waals surface area contributed by atoms with E-state index in [1.165, 1.54) is 88.2 Å². The van der Waals surface area contributed by atoms with Crippen LogP contribution in [0.3, 0.4) is 0 Å². The molecule has 0 heterocycles. The molecule has 0 heteroatoms. The van der Waals surface area contributed by atoms with Gasteiger partial charge in [0.2, 0.25) is 0 Å². The maximum Gasteiger partial charge on any atom is -0.00601 e. The third kappa shape index (κ3) is 8.78. The molecule has 0 N–H and O–H groups in total. The monoisotopic (exact) mass is 320 g/mol. The molecular weight excluding hydrogens is 288 g/mol. The summed E-state index contributed by atoms with van der Waals surface area (Å²) in [4.78, 5) is 0. The molecule has 0 aromatic rings. The van der Waals surface area contributed by atoms with E-state index < -0.39 is 0 Å². The van der Waals surface area contributed by atoms with Gasteiger partial charge in [-0.2, -0.15) is 0 Å². The molecule has 0 saturated carbocycles. The third-order valence-electron chi connectivity index (χ3n) is 4.63. The second-order valence-electron chi connectivity index (χ2n) is 6.77. The van der Waals surface area contributed by atoms with Crippen molar-refractivity contribution in [2.45, 2.75) is 77.0 Å². The van der Waals surface area contributed by atoms with Crippen LogP contribution in [-0.2, 0) is 0 Å². The normalized spacial score (nSPS) is 15.0. The van der Waals surface area contributed by atoms with Crippen molar-refractivity contribution in [3.8, 4) is 0 Å². The van der Waals surface area contributed by atoms with Crippen molar-refractivity contribution in [1.82, 2.24) is 0 Å². The largest absolute Gasteiger partial charge is 0.117 e. The molecule has 0 unspecified atom stereocenters. The lowest BCUT2D eigenvalue weighted by Gasteiger charge is -2.00. The Balaban J connectivity index is 1.30. The van der Waals surface area contributed by atoms with Gasteiger partial charge in [0.05, 0.1) is 0 Å². The minimum Gasteiger partial charge on any atom is -0.117 e. The quantitative estimate of drug-likeness (QED) is 0.176. The fourth-order valence-electron chi connectivity index (χ4n) is 3.14. The number of hydrogen-bond donors (Lipinski definition) is 0. The Labute approximate surface area is 148 Å². The van der Waals surface area contributed by atoms with Crippen LogP contribution in [0.15, 0.2) is 71.2 Å². The molecule has 0 aromatic heterocycles. The van der Waals surface area contributed by atoms with E-state index in [0.717, 1.165) is 0 Å². The van der Waals surface area contributed by atoms with Crippen molar-refractivity contribution in [1.29, 1.82) is 0 Å². The number of allylic oxidation sites excluding steroid dienone is 8. The molecule has 24 heavy (non-hydrogen) atoms. The summed E-state index contributed by atoms with van der Waals surface area (Å²) in [7, 11) is 0. The van der Waals surface area contributed by atoms with Crippen molar-refractivity contribution < 1.29 is 0 Å². The lowest BCUT2D eigenvalue weighted by Crippen LogP contribution is -1.81. The predicted molar refractivity (Wildman–Crippen MR) is 106 cm³/mol. The Hall–Kier alpha value is -1.74. The Morgan fingerprint density at radius 2 is 1.04 bits per heavy atom. The van der Waals surface area contributed by atoms with Gasteiger partial charge in [0.1, 0.15) is 0 Å². The summed E-state index contributed by atoms with van der Waals surface area (Å²) in [5, 5.41) is 0. The topological polar surface area (TPSA) is 0 Å². The maximum absolute atomic E-state index is 3.27. The van der Waals surface area contributed by atoms with Gasteiger partial charge in [-0.25, -0.2) is 0 Å². The van der Waals surface area contributed by atoms with Gasteiger partial charge in [-0.15, -0.1) is 11.5 Å². The van der Waals surface area contributed by atoms with Gasteiger partial charge in [-0.1, -0.05) is 62.1 Å². The average Bonchev–Trinajstić information content (AvgIpc) is 3.28. The van der Waals surface area contributed by atoms with E-state index in [0.29, 0.717) is 0 Å². The Bertz CT molecular complexity index is 515. The highest BCUT2D eigenvalue weighted by Gasteiger charge is 1.96. The van der Waals surface area contributed by atoms with Crippen LogP contribution in [0.4, 0.5) is 0 Å². The molecule has 0 saturated heterocycles. The molecule has 0 atom stereocenters. The maximum atomic E-state index is 3.27. The predicted octanol–water partition coefficient (Wildman–Crippen LogP) is 7.53. The summed E-state index contributed by atoms with van der Waals surface area (Å²) in [6.07, 6.45) is 33.0. The van der Waals surface area contributed by atoms with E-state index in [9.17, 15) is 0 Å². The molecule has 0 bridgehead atoms.